The molecule has 0 aromatic heterocycles. The SMILES string of the molecule is C#CC1NC(=O)c2cccc(C)c2O1. The second-order valence-corrected chi connectivity index (χ2v) is 3.09. The average molecular weight is 187 g/mol. The lowest BCUT2D eigenvalue weighted by molar-refractivity contribution is 0.0831. The van der Waals surface area contributed by atoms with Gasteiger partial charge in [0.2, 0.25) is 6.23 Å². The number of carbonyl (C=O) groups excluding carboxylic acids is 1. The largest absolute Gasteiger partial charge is 0.458 e. The van der Waals surface area contributed by atoms with Crippen LogP contribution in [0.25, 0.3) is 0 Å². The van der Waals surface area contributed by atoms with Gasteiger partial charge >= 0.3 is 0 Å². The summed E-state index contributed by atoms with van der Waals surface area (Å²) in [7, 11) is 0. The van der Waals surface area contributed by atoms with Gasteiger partial charge in [0.05, 0.1) is 5.56 Å². The van der Waals surface area contributed by atoms with E-state index >= 15 is 0 Å². The van der Waals surface area contributed by atoms with Crippen LogP contribution in [0.4, 0.5) is 0 Å². The Morgan fingerprint density at radius 3 is 3.07 bits per heavy atom. The van der Waals surface area contributed by atoms with E-state index in [2.05, 4.69) is 11.2 Å². The van der Waals surface area contributed by atoms with Gasteiger partial charge in [-0.15, -0.1) is 6.42 Å². The fourth-order valence-corrected chi connectivity index (χ4v) is 1.41. The van der Waals surface area contributed by atoms with Crippen LogP contribution < -0.4 is 10.1 Å². The highest BCUT2D eigenvalue weighted by Crippen LogP contribution is 2.26. The van der Waals surface area contributed by atoms with E-state index < -0.39 is 6.23 Å². The number of ether oxygens (including phenoxy) is 1. The molecule has 1 aliphatic heterocycles. The van der Waals surface area contributed by atoms with Crippen molar-refractivity contribution in [1.82, 2.24) is 5.32 Å². The van der Waals surface area contributed by atoms with Crippen molar-refractivity contribution in [2.24, 2.45) is 0 Å². The zero-order valence-corrected chi connectivity index (χ0v) is 7.70. The molecule has 1 aromatic rings. The van der Waals surface area contributed by atoms with E-state index in [1.165, 1.54) is 0 Å². The summed E-state index contributed by atoms with van der Waals surface area (Å²) in [6.45, 7) is 1.88. The Bertz CT molecular complexity index is 431. The van der Waals surface area contributed by atoms with Gasteiger partial charge in [-0.25, -0.2) is 0 Å². The third kappa shape index (κ3) is 1.21. The molecule has 1 amide bonds. The first-order valence-corrected chi connectivity index (χ1v) is 4.25. The van der Waals surface area contributed by atoms with E-state index in [-0.39, 0.29) is 5.91 Å². The number of amides is 1. The molecule has 0 aliphatic carbocycles. The molecule has 1 heterocycles. The molecule has 0 bridgehead atoms. The van der Waals surface area contributed by atoms with Crippen molar-refractivity contribution in [1.29, 1.82) is 0 Å². The standard InChI is InChI=1S/C11H9NO2/c1-3-9-12-11(13)8-6-4-5-7(2)10(8)14-9/h1,4-6,9H,2H3,(H,12,13). The van der Waals surface area contributed by atoms with Crippen LogP contribution in [-0.2, 0) is 0 Å². The molecule has 0 fully saturated rings. The number of hydrogen-bond acceptors (Lipinski definition) is 2. The van der Waals surface area contributed by atoms with Crippen molar-refractivity contribution in [3.63, 3.8) is 0 Å². The topological polar surface area (TPSA) is 38.3 Å². The second-order valence-electron chi connectivity index (χ2n) is 3.09. The van der Waals surface area contributed by atoms with Crippen molar-refractivity contribution >= 4 is 5.91 Å². The molecule has 1 N–H and O–H groups in total. The number of benzene rings is 1. The van der Waals surface area contributed by atoms with Crippen molar-refractivity contribution < 1.29 is 9.53 Å². The molecule has 70 valence electrons. The first kappa shape index (κ1) is 8.64. The zero-order valence-electron chi connectivity index (χ0n) is 7.70. The summed E-state index contributed by atoms with van der Waals surface area (Å²) >= 11 is 0. The summed E-state index contributed by atoms with van der Waals surface area (Å²) in [5.74, 6) is 2.75. The molecule has 0 saturated carbocycles. The lowest BCUT2D eigenvalue weighted by atomic mass is 10.1. The Morgan fingerprint density at radius 2 is 2.36 bits per heavy atom. The molecule has 1 aliphatic rings. The van der Waals surface area contributed by atoms with Crippen molar-refractivity contribution in [3.05, 3.63) is 29.3 Å². The number of aryl methyl sites for hydroxylation is 1. The van der Waals surface area contributed by atoms with Crippen LogP contribution in [0.2, 0.25) is 0 Å². The predicted molar refractivity (Wildman–Crippen MR) is 51.9 cm³/mol. The average Bonchev–Trinajstić information content (AvgIpc) is 2.19. The van der Waals surface area contributed by atoms with E-state index in [4.69, 9.17) is 11.2 Å². The first-order valence-electron chi connectivity index (χ1n) is 4.25. The molecule has 1 atom stereocenters. The molecular formula is C11H9NO2. The van der Waals surface area contributed by atoms with Crippen molar-refractivity contribution in [2.45, 2.75) is 13.2 Å². The first-order chi connectivity index (χ1) is 6.72. The van der Waals surface area contributed by atoms with Crippen molar-refractivity contribution in [3.8, 4) is 18.1 Å². The van der Waals surface area contributed by atoms with Crippen LogP contribution in [0.3, 0.4) is 0 Å². The molecule has 2 rings (SSSR count). The quantitative estimate of drug-likeness (QED) is 0.617. The fraction of sp³-hybridized carbons (Fsp3) is 0.182. The van der Waals surface area contributed by atoms with Gasteiger partial charge in [0.15, 0.2) is 0 Å². The maximum atomic E-state index is 11.5. The minimum Gasteiger partial charge on any atom is -0.458 e. The van der Waals surface area contributed by atoms with Crippen LogP contribution in [0.1, 0.15) is 15.9 Å². The Kier molecular flexibility index (Phi) is 1.90. The van der Waals surface area contributed by atoms with Crippen LogP contribution >= 0.6 is 0 Å². The highest BCUT2D eigenvalue weighted by molar-refractivity contribution is 5.98. The van der Waals surface area contributed by atoms with E-state index in [1.54, 1.807) is 6.07 Å². The van der Waals surface area contributed by atoms with Crippen LogP contribution in [0, 0.1) is 19.3 Å². The molecule has 3 heteroatoms. The van der Waals surface area contributed by atoms with Crippen LogP contribution in [-0.4, -0.2) is 12.1 Å². The highest BCUT2D eigenvalue weighted by atomic mass is 16.5. The fourth-order valence-electron chi connectivity index (χ4n) is 1.41. The smallest absolute Gasteiger partial charge is 0.258 e. The van der Waals surface area contributed by atoms with Gasteiger partial charge in [-0.1, -0.05) is 12.1 Å². The number of hydrogen-bond donors (Lipinski definition) is 1. The Balaban J connectivity index is 2.52. The highest BCUT2D eigenvalue weighted by Gasteiger charge is 2.24. The van der Waals surface area contributed by atoms with Gasteiger partial charge < -0.3 is 10.1 Å². The number of terminal acetylenes is 1. The number of nitrogens with one attached hydrogen (secondary N) is 1. The summed E-state index contributed by atoms with van der Waals surface area (Å²) in [5.41, 5.74) is 1.45. The minimum absolute atomic E-state index is 0.182. The number of para-hydroxylation sites is 1. The third-order valence-electron chi connectivity index (χ3n) is 2.11. The van der Waals surface area contributed by atoms with Gasteiger partial charge in [0.25, 0.3) is 5.91 Å². The molecule has 3 nitrogen and oxygen atoms in total. The number of rotatable bonds is 0. The molecule has 1 unspecified atom stereocenters. The van der Waals surface area contributed by atoms with Gasteiger partial charge in [-0.2, -0.15) is 0 Å². The van der Waals surface area contributed by atoms with Gasteiger partial charge in [0.1, 0.15) is 5.75 Å². The maximum absolute atomic E-state index is 11.5. The van der Waals surface area contributed by atoms with Crippen LogP contribution in [0.5, 0.6) is 5.75 Å². The summed E-state index contributed by atoms with van der Waals surface area (Å²) in [6.07, 6.45) is 4.53. The van der Waals surface area contributed by atoms with E-state index in [0.717, 1.165) is 5.56 Å². The minimum atomic E-state index is -0.656. The van der Waals surface area contributed by atoms with Gasteiger partial charge in [-0.3, -0.25) is 4.79 Å². The number of fused-ring (bicyclic) bond motifs is 1. The summed E-state index contributed by atoms with van der Waals surface area (Å²) in [4.78, 5) is 11.5. The molecule has 0 saturated heterocycles. The molecule has 0 radical (unpaired) electrons. The lowest BCUT2D eigenvalue weighted by Gasteiger charge is -2.24. The number of carbonyl (C=O) groups is 1. The monoisotopic (exact) mass is 187 g/mol. The maximum Gasteiger partial charge on any atom is 0.258 e. The normalized spacial score (nSPS) is 18.9. The molecule has 0 spiro atoms. The predicted octanol–water partition coefficient (Wildman–Crippen LogP) is 1.08. The summed E-state index contributed by atoms with van der Waals surface area (Å²) in [5, 5.41) is 2.55. The van der Waals surface area contributed by atoms with E-state index in [9.17, 15) is 4.79 Å². The van der Waals surface area contributed by atoms with E-state index in [0.29, 0.717) is 11.3 Å². The van der Waals surface area contributed by atoms with E-state index in [1.807, 2.05) is 19.1 Å². The summed E-state index contributed by atoms with van der Waals surface area (Å²) in [6, 6.07) is 5.41. The van der Waals surface area contributed by atoms with Gasteiger partial charge in [-0.05, 0) is 24.5 Å². The Hall–Kier alpha value is -1.95. The van der Waals surface area contributed by atoms with Gasteiger partial charge in [0, 0.05) is 0 Å². The molecule has 1 aromatic carbocycles. The zero-order chi connectivity index (χ0) is 10.1. The Morgan fingerprint density at radius 1 is 1.57 bits per heavy atom. The lowest BCUT2D eigenvalue weighted by Crippen LogP contribution is -2.42. The Labute approximate surface area is 82.1 Å². The van der Waals surface area contributed by atoms with Crippen molar-refractivity contribution in [2.75, 3.05) is 0 Å². The third-order valence-corrected chi connectivity index (χ3v) is 2.11. The molecular weight excluding hydrogens is 178 g/mol. The second kappa shape index (κ2) is 3.08. The molecule has 14 heavy (non-hydrogen) atoms. The van der Waals surface area contributed by atoms with Crippen LogP contribution in [0.15, 0.2) is 18.2 Å². The summed E-state index contributed by atoms with van der Waals surface area (Å²) < 4.78 is 5.41.